The van der Waals surface area contributed by atoms with Crippen LogP contribution in [0.25, 0.3) is 0 Å². The zero-order valence-corrected chi connectivity index (χ0v) is 14.4. The first-order valence-electron chi connectivity index (χ1n) is 7.91. The van der Waals surface area contributed by atoms with Crippen LogP contribution >= 0.6 is 0 Å². The summed E-state index contributed by atoms with van der Waals surface area (Å²) in [6.07, 6.45) is 3.36. The maximum atomic E-state index is 12.3. The highest BCUT2D eigenvalue weighted by atomic mass is 32.2. The average Bonchev–Trinajstić information content (AvgIpc) is 2.68. The van der Waals surface area contributed by atoms with Gasteiger partial charge in [-0.05, 0) is 18.2 Å². The van der Waals surface area contributed by atoms with Crippen molar-refractivity contribution in [2.24, 2.45) is 0 Å². The summed E-state index contributed by atoms with van der Waals surface area (Å²) in [6.45, 7) is 1.98. The fraction of sp³-hybridized carbons (Fsp3) is 0.312. The van der Waals surface area contributed by atoms with Gasteiger partial charge in [0.2, 0.25) is 21.9 Å². The SMILES string of the molecule is O=C(CNS(=O)(=O)c1ccccc1)N1CCN(c2ncccn2)CC1. The largest absolute Gasteiger partial charge is 0.338 e. The maximum absolute atomic E-state index is 12.3. The third-order valence-electron chi connectivity index (χ3n) is 3.93. The Bertz CT molecular complexity index is 806. The molecule has 0 aliphatic carbocycles. The Kier molecular flexibility index (Phi) is 5.25. The fourth-order valence-electron chi connectivity index (χ4n) is 2.56. The van der Waals surface area contributed by atoms with E-state index >= 15 is 0 Å². The second kappa shape index (κ2) is 7.58. The minimum atomic E-state index is -3.68. The van der Waals surface area contributed by atoms with Crippen molar-refractivity contribution in [1.82, 2.24) is 19.6 Å². The Morgan fingerprint density at radius 3 is 2.28 bits per heavy atom. The van der Waals surface area contributed by atoms with E-state index in [0.29, 0.717) is 32.1 Å². The molecule has 0 unspecified atom stereocenters. The van der Waals surface area contributed by atoms with Gasteiger partial charge in [-0.1, -0.05) is 18.2 Å². The van der Waals surface area contributed by atoms with Crippen molar-refractivity contribution in [3.05, 3.63) is 48.8 Å². The van der Waals surface area contributed by atoms with Gasteiger partial charge in [0.1, 0.15) is 0 Å². The van der Waals surface area contributed by atoms with E-state index in [1.54, 1.807) is 41.6 Å². The minimum absolute atomic E-state index is 0.147. The number of nitrogens with one attached hydrogen (secondary N) is 1. The van der Waals surface area contributed by atoms with Gasteiger partial charge >= 0.3 is 0 Å². The average molecular weight is 361 g/mol. The number of nitrogens with zero attached hydrogens (tertiary/aromatic N) is 4. The van der Waals surface area contributed by atoms with Crippen LogP contribution in [0.5, 0.6) is 0 Å². The molecule has 0 bridgehead atoms. The summed E-state index contributed by atoms with van der Waals surface area (Å²) in [5, 5.41) is 0. The topological polar surface area (TPSA) is 95.5 Å². The summed E-state index contributed by atoms with van der Waals surface area (Å²) in [5.41, 5.74) is 0. The minimum Gasteiger partial charge on any atom is -0.338 e. The van der Waals surface area contributed by atoms with Gasteiger partial charge in [0.05, 0.1) is 11.4 Å². The van der Waals surface area contributed by atoms with Crippen LogP contribution in [0.1, 0.15) is 0 Å². The highest BCUT2D eigenvalue weighted by Crippen LogP contribution is 2.10. The van der Waals surface area contributed by atoms with Crippen LogP contribution in [-0.4, -0.2) is 61.9 Å². The van der Waals surface area contributed by atoms with Crippen molar-refractivity contribution in [2.45, 2.75) is 4.90 Å². The number of aromatic nitrogens is 2. The summed E-state index contributed by atoms with van der Waals surface area (Å²) in [7, 11) is -3.68. The molecule has 8 nitrogen and oxygen atoms in total. The number of amides is 1. The number of carbonyl (C=O) groups is 1. The Hall–Kier alpha value is -2.52. The Labute approximate surface area is 146 Å². The molecular formula is C16H19N5O3S. The Balaban J connectivity index is 1.52. The molecule has 132 valence electrons. The van der Waals surface area contributed by atoms with E-state index in [0.717, 1.165) is 0 Å². The maximum Gasteiger partial charge on any atom is 0.241 e. The first-order valence-corrected chi connectivity index (χ1v) is 9.39. The van der Waals surface area contributed by atoms with Crippen molar-refractivity contribution in [1.29, 1.82) is 0 Å². The summed E-state index contributed by atoms with van der Waals surface area (Å²) >= 11 is 0. The molecule has 0 radical (unpaired) electrons. The molecule has 1 fully saturated rings. The summed E-state index contributed by atoms with van der Waals surface area (Å²) < 4.78 is 26.7. The predicted octanol–water partition coefficient (Wildman–Crippen LogP) is 0.104. The molecule has 1 aromatic carbocycles. The molecule has 1 aliphatic heterocycles. The number of anilines is 1. The normalized spacial score (nSPS) is 15.2. The fourth-order valence-corrected chi connectivity index (χ4v) is 3.56. The zero-order valence-electron chi connectivity index (χ0n) is 13.6. The van der Waals surface area contributed by atoms with Gasteiger partial charge in [0, 0.05) is 38.6 Å². The summed E-state index contributed by atoms with van der Waals surface area (Å²) in [5.74, 6) is 0.396. The zero-order chi connectivity index (χ0) is 17.7. The van der Waals surface area contributed by atoms with Gasteiger partial charge < -0.3 is 9.80 Å². The van der Waals surface area contributed by atoms with Crippen LogP contribution in [0.15, 0.2) is 53.7 Å². The standard InChI is InChI=1S/C16H19N5O3S/c22-15(13-19-25(23,24)14-5-2-1-3-6-14)20-9-11-21(12-10-20)16-17-7-4-8-18-16/h1-8,19H,9-13H2. The second-order valence-corrected chi connectivity index (χ2v) is 7.32. The molecule has 0 atom stereocenters. The molecule has 1 aliphatic rings. The molecule has 1 aromatic heterocycles. The molecule has 25 heavy (non-hydrogen) atoms. The van der Waals surface area contributed by atoms with Crippen LogP contribution < -0.4 is 9.62 Å². The first kappa shape index (κ1) is 17.3. The molecule has 0 spiro atoms. The number of piperazine rings is 1. The lowest BCUT2D eigenvalue weighted by molar-refractivity contribution is -0.130. The third-order valence-corrected chi connectivity index (χ3v) is 5.35. The number of hydrogen-bond acceptors (Lipinski definition) is 6. The second-order valence-electron chi connectivity index (χ2n) is 5.55. The van der Waals surface area contributed by atoms with Crippen molar-refractivity contribution < 1.29 is 13.2 Å². The van der Waals surface area contributed by atoms with Crippen LogP contribution in [0.3, 0.4) is 0 Å². The number of hydrogen-bond donors (Lipinski definition) is 1. The molecule has 0 saturated carbocycles. The summed E-state index contributed by atoms with van der Waals surface area (Å²) in [4.78, 5) is 24.4. The van der Waals surface area contributed by atoms with E-state index in [2.05, 4.69) is 14.7 Å². The lowest BCUT2D eigenvalue weighted by atomic mass is 10.3. The predicted molar refractivity (Wildman–Crippen MR) is 92.5 cm³/mol. The van der Waals surface area contributed by atoms with Crippen LogP contribution in [-0.2, 0) is 14.8 Å². The number of rotatable bonds is 5. The number of benzene rings is 1. The molecule has 2 aromatic rings. The smallest absolute Gasteiger partial charge is 0.241 e. The van der Waals surface area contributed by atoms with Crippen LogP contribution in [0.4, 0.5) is 5.95 Å². The van der Waals surface area contributed by atoms with Crippen molar-refractivity contribution >= 4 is 21.9 Å². The Morgan fingerprint density at radius 1 is 1.00 bits per heavy atom. The van der Waals surface area contributed by atoms with E-state index in [1.807, 2.05) is 4.90 Å². The van der Waals surface area contributed by atoms with E-state index in [9.17, 15) is 13.2 Å². The van der Waals surface area contributed by atoms with Gasteiger partial charge in [0.25, 0.3) is 0 Å². The van der Waals surface area contributed by atoms with E-state index < -0.39 is 10.0 Å². The summed E-state index contributed by atoms with van der Waals surface area (Å²) in [6, 6.07) is 9.75. The van der Waals surface area contributed by atoms with Crippen LogP contribution in [0, 0.1) is 0 Å². The van der Waals surface area contributed by atoms with Crippen molar-refractivity contribution in [2.75, 3.05) is 37.6 Å². The Morgan fingerprint density at radius 2 is 1.64 bits per heavy atom. The number of sulfonamides is 1. The molecule has 2 heterocycles. The molecule has 1 saturated heterocycles. The molecule has 3 rings (SSSR count). The van der Waals surface area contributed by atoms with E-state index in [1.165, 1.54) is 12.1 Å². The van der Waals surface area contributed by atoms with Gasteiger partial charge in [-0.25, -0.2) is 23.1 Å². The molecule has 9 heteroatoms. The monoisotopic (exact) mass is 361 g/mol. The molecule has 1 N–H and O–H groups in total. The van der Waals surface area contributed by atoms with Crippen molar-refractivity contribution in [3.63, 3.8) is 0 Å². The first-order chi connectivity index (χ1) is 12.1. The molecular weight excluding hydrogens is 342 g/mol. The van der Waals surface area contributed by atoms with E-state index in [-0.39, 0.29) is 17.3 Å². The highest BCUT2D eigenvalue weighted by Gasteiger charge is 2.23. The third kappa shape index (κ3) is 4.31. The van der Waals surface area contributed by atoms with Gasteiger partial charge in [-0.3, -0.25) is 4.79 Å². The van der Waals surface area contributed by atoms with Gasteiger partial charge in [0.15, 0.2) is 0 Å². The quantitative estimate of drug-likeness (QED) is 0.812. The van der Waals surface area contributed by atoms with Gasteiger partial charge in [-0.15, -0.1) is 0 Å². The van der Waals surface area contributed by atoms with E-state index in [4.69, 9.17) is 0 Å². The number of carbonyl (C=O) groups excluding carboxylic acids is 1. The highest BCUT2D eigenvalue weighted by molar-refractivity contribution is 7.89. The molecule has 1 amide bonds. The lowest BCUT2D eigenvalue weighted by Crippen LogP contribution is -2.51. The van der Waals surface area contributed by atoms with Crippen molar-refractivity contribution in [3.8, 4) is 0 Å². The van der Waals surface area contributed by atoms with Crippen LogP contribution in [0.2, 0.25) is 0 Å². The van der Waals surface area contributed by atoms with Gasteiger partial charge in [-0.2, -0.15) is 0 Å². The lowest BCUT2D eigenvalue weighted by Gasteiger charge is -2.34.